The quantitative estimate of drug-likeness (QED) is 0.924. The fourth-order valence-electron chi connectivity index (χ4n) is 1.24. The second-order valence-corrected chi connectivity index (χ2v) is 5.76. The molecule has 1 aromatic heterocycles. The lowest BCUT2D eigenvalue weighted by Gasteiger charge is -2.19. The standard InChI is InChI=1S/C10H15BrN2OS.ClH/c1-3-8(12)10(14)13(2)5-7-4-9(11)15-6-7;/h4,6,8H,3,5,12H2,1-2H3;1H/t8-;/m0./s1. The molecule has 1 heterocycles. The van der Waals surface area contributed by atoms with E-state index in [1.165, 1.54) is 0 Å². The summed E-state index contributed by atoms with van der Waals surface area (Å²) in [6, 6.07) is 1.64. The second-order valence-electron chi connectivity index (χ2n) is 3.47. The summed E-state index contributed by atoms with van der Waals surface area (Å²) in [5.74, 6) is -0.000164. The fourth-order valence-corrected chi connectivity index (χ4v) is 2.44. The highest BCUT2D eigenvalue weighted by atomic mass is 79.9. The summed E-state index contributed by atoms with van der Waals surface area (Å²) in [4.78, 5) is 13.3. The van der Waals surface area contributed by atoms with Crippen molar-refractivity contribution in [2.75, 3.05) is 7.05 Å². The highest BCUT2D eigenvalue weighted by Crippen LogP contribution is 2.21. The molecule has 0 radical (unpaired) electrons. The van der Waals surface area contributed by atoms with Crippen LogP contribution in [0.1, 0.15) is 18.9 Å². The van der Waals surface area contributed by atoms with Crippen molar-refractivity contribution in [3.05, 3.63) is 20.8 Å². The zero-order valence-electron chi connectivity index (χ0n) is 9.27. The molecule has 0 fully saturated rings. The van der Waals surface area contributed by atoms with Crippen LogP contribution in [0.2, 0.25) is 0 Å². The molecule has 1 aromatic rings. The maximum atomic E-state index is 11.7. The number of hydrogen-bond acceptors (Lipinski definition) is 3. The Labute approximate surface area is 115 Å². The number of nitrogens with two attached hydrogens (primary N) is 1. The van der Waals surface area contributed by atoms with Gasteiger partial charge in [0, 0.05) is 13.6 Å². The summed E-state index contributed by atoms with van der Waals surface area (Å²) in [7, 11) is 1.78. The Balaban J connectivity index is 0.00000225. The van der Waals surface area contributed by atoms with Crippen LogP contribution in [0.25, 0.3) is 0 Å². The monoisotopic (exact) mass is 326 g/mol. The van der Waals surface area contributed by atoms with Gasteiger partial charge >= 0.3 is 0 Å². The smallest absolute Gasteiger partial charge is 0.239 e. The van der Waals surface area contributed by atoms with Crippen LogP contribution in [-0.4, -0.2) is 23.9 Å². The molecule has 6 heteroatoms. The summed E-state index contributed by atoms with van der Waals surface area (Å²) < 4.78 is 1.08. The lowest BCUT2D eigenvalue weighted by atomic mass is 10.2. The van der Waals surface area contributed by atoms with Crippen LogP contribution >= 0.6 is 39.7 Å². The number of hydrogen-bond donors (Lipinski definition) is 1. The van der Waals surface area contributed by atoms with Crippen LogP contribution in [0, 0.1) is 0 Å². The molecule has 3 nitrogen and oxygen atoms in total. The highest BCUT2D eigenvalue weighted by Gasteiger charge is 2.16. The molecule has 0 aliphatic carbocycles. The molecule has 1 amide bonds. The Morgan fingerprint density at radius 1 is 1.69 bits per heavy atom. The van der Waals surface area contributed by atoms with E-state index in [-0.39, 0.29) is 24.4 Å². The van der Waals surface area contributed by atoms with Crippen LogP contribution in [0.15, 0.2) is 15.2 Å². The van der Waals surface area contributed by atoms with Gasteiger partial charge in [0.15, 0.2) is 0 Å². The van der Waals surface area contributed by atoms with E-state index in [1.807, 2.05) is 18.4 Å². The molecule has 1 rings (SSSR count). The fraction of sp³-hybridized carbons (Fsp3) is 0.500. The van der Waals surface area contributed by atoms with Gasteiger partial charge in [-0.1, -0.05) is 6.92 Å². The molecule has 0 unspecified atom stereocenters. The second kappa shape index (κ2) is 7.27. The predicted molar refractivity (Wildman–Crippen MR) is 74.0 cm³/mol. The summed E-state index contributed by atoms with van der Waals surface area (Å²) in [5, 5.41) is 2.03. The number of amides is 1. The molecule has 0 spiro atoms. The number of rotatable bonds is 4. The van der Waals surface area contributed by atoms with E-state index in [1.54, 1.807) is 23.3 Å². The van der Waals surface area contributed by atoms with Crippen molar-refractivity contribution in [3.8, 4) is 0 Å². The van der Waals surface area contributed by atoms with Crippen molar-refractivity contribution in [2.24, 2.45) is 5.73 Å². The lowest BCUT2D eigenvalue weighted by molar-refractivity contribution is -0.131. The molecule has 0 aliphatic heterocycles. The van der Waals surface area contributed by atoms with Crippen LogP contribution < -0.4 is 5.73 Å². The van der Waals surface area contributed by atoms with Gasteiger partial charge < -0.3 is 10.6 Å². The number of carbonyl (C=O) groups is 1. The minimum Gasteiger partial charge on any atom is -0.340 e. The molecule has 2 N–H and O–H groups in total. The summed E-state index contributed by atoms with van der Waals surface area (Å²) in [6.07, 6.45) is 0.677. The average molecular weight is 328 g/mol. The maximum Gasteiger partial charge on any atom is 0.239 e. The van der Waals surface area contributed by atoms with E-state index in [2.05, 4.69) is 15.9 Å². The van der Waals surface area contributed by atoms with E-state index < -0.39 is 0 Å². The zero-order chi connectivity index (χ0) is 11.4. The van der Waals surface area contributed by atoms with E-state index in [9.17, 15) is 4.79 Å². The van der Waals surface area contributed by atoms with Crippen molar-refractivity contribution in [3.63, 3.8) is 0 Å². The zero-order valence-corrected chi connectivity index (χ0v) is 12.5. The molecule has 0 aliphatic rings. The maximum absolute atomic E-state index is 11.7. The van der Waals surface area contributed by atoms with E-state index in [0.717, 1.165) is 9.35 Å². The molecular formula is C10H16BrClN2OS. The lowest BCUT2D eigenvalue weighted by Crippen LogP contribution is -2.40. The van der Waals surface area contributed by atoms with Gasteiger partial charge in [-0.05, 0) is 39.4 Å². The third-order valence-electron chi connectivity index (χ3n) is 2.17. The van der Waals surface area contributed by atoms with E-state index in [0.29, 0.717) is 13.0 Å². The Kier molecular flexibility index (Phi) is 7.22. The van der Waals surface area contributed by atoms with Crippen molar-refractivity contribution in [1.82, 2.24) is 4.90 Å². The average Bonchev–Trinajstić information content (AvgIpc) is 2.61. The van der Waals surface area contributed by atoms with Gasteiger partial charge in [0.2, 0.25) is 5.91 Å². The van der Waals surface area contributed by atoms with Crippen LogP contribution in [-0.2, 0) is 11.3 Å². The van der Waals surface area contributed by atoms with Gasteiger partial charge in [-0.3, -0.25) is 4.79 Å². The number of carbonyl (C=O) groups excluding carboxylic acids is 1. The Morgan fingerprint density at radius 2 is 2.31 bits per heavy atom. The van der Waals surface area contributed by atoms with Gasteiger partial charge in [-0.15, -0.1) is 23.7 Å². The van der Waals surface area contributed by atoms with Crippen molar-refractivity contribution in [2.45, 2.75) is 25.9 Å². The molecule has 1 atom stereocenters. The Bertz CT molecular complexity index is 345. The van der Waals surface area contributed by atoms with Gasteiger partial charge in [-0.2, -0.15) is 0 Å². The van der Waals surface area contributed by atoms with Crippen LogP contribution in [0.5, 0.6) is 0 Å². The minimum atomic E-state index is -0.378. The molecule has 0 bridgehead atoms. The molecule has 0 saturated heterocycles. The largest absolute Gasteiger partial charge is 0.340 e. The first-order valence-corrected chi connectivity index (χ1v) is 6.45. The highest BCUT2D eigenvalue weighted by molar-refractivity contribution is 9.11. The Hall–Kier alpha value is -0.100. The van der Waals surface area contributed by atoms with E-state index in [4.69, 9.17) is 5.73 Å². The predicted octanol–water partition coefficient (Wildman–Crippen LogP) is 2.63. The number of thiophene rings is 1. The first-order chi connectivity index (χ1) is 7.04. The number of likely N-dealkylation sites (N-methyl/N-ethyl adjacent to an activating group) is 1. The topological polar surface area (TPSA) is 46.3 Å². The first-order valence-electron chi connectivity index (χ1n) is 4.78. The van der Waals surface area contributed by atoms with Crippen LogP contribution in [0.4, 0.5) is 0 Å². The summed E-state index contributed by atoms with van der Waals surface area (Å²) in [5.41, 5.74) is 6.81. The summed E-state index contributed by atoms with van der Waals surface area (Å²) in [6.45, 7) is 2.53. The first kappa shape index (κ1) is 15.9. The molecular weight excluding hydrogens is 312 g/mol. The van der Waals surface area contributed by atoms with Crippen molar-refractivity contribution in [1.29, 1.82) is 0 Å². The minimum absolute atomic E-state index is 0. The van der Waals surface area contributed by atoms with Crippen molar-refractivity contribution >= 4 is 45.6 Å². The van der Waals surface area contributed by atoms with Gasteiger partial charge in [-0.25, -0.2) is 0 Å². The van der Waals surface area contributed by atoms with Gasteiger partial charge in [0.1, 0.15) is 0 Å². The molecule has 0 aromatic carbocycles. The number of halogens is 2. The van der Waals surface area contributed by atoms with Gasteiger partial charge in [0.25, 0.3) is 0 Å². The van der Waals surface area contributed by atoms with Crippen molar-refractivity contribution < 1.29 is 4.79 Å². The Morgan fingerprint density at radius 3 is 2.75 bits per heavy atom. The third-order valence-corrected chi connectivity index (χ3v) is 3.73. The molecule has 0 saturated carbocycles. The normalized spacial score (nSPS) is 11.8. The molecule has 92 valence electrons. The number of nitrogens with zero attached hydrogens (tertiary/aromatic N) is 1. The SMILES string of the molecule is CC[C@H](N)C(=O)N(C)Cc1csc(Br)c1.Cl. The molecule has 16 heavy (non-hydrogen) atoms. The van der Waals surface area contributed by atoms with Gasteiger partial charge in [0.05, 0.1) is 9.83 Å². The van der Waals surface area contributed by atoms with Crippen LogP contribution in [0.3, 0.4) is 0 Å². The summed E-state index contributed by atoms with van der Waals surface area (Å²) >= 11 is 5.01. The van der Waals surface area contributed by atoms with E-state index >= 15 is 0 Å². The third kappa shape index (κ3) is 4.41.